The summed E-state index contributed by atoms with van der Waals surface area (Å²) in [4.78, 5) is 24.5. The van der Waals surface area contributed by atoms with Gasteiger partial charge in [-0.2, -0.15) is 0 Å². The number of methoxy groups -OCH3 is 1. The van der Waals surface area contributed by atoms with Crippen LogP contribution in [-0.2, 0) is 9.59 Å². The van der Waals surface area contributed by atoms with Crippen molar-refractivity contribution >= 4 is 17.5 Å². The van der Waals surface area contributed by atoms with Crippen molar-refractivity contribution < 1.29 is 14.3 Å². The van der Waals surface area contributed by atoms with Crippen LogP contribution < -0.4 is 10.5 Å². The van der Waals surface area contributed by atoms with E-state index in [9.17, 15) is 9.59 Å². The molecule has 1 atom stereocenters. The first kappa shape index (κ1) is 11.4. The number of rotatable bonds is 2. The molecular weight excluding hydrogens is 220 g/mol. The van der Waals surface area contributed by atoms with Gasteiger partial charge in [0.25, 0.3) is 0 Å². The molecule has 1 aromatic rings. The van der Waals surface area contributed by atoms with Crippen molar-refractivity contribution in [3.8, 4) is 5.75 Å². The Morgan fingerprint density at radius 2 is 2.12 bits per heavy atom. The maximum Gasteiger partial charge on any atom is 0.237 e. The number of carbonyl (C=O) groups is 2. The number of nitrogen functional groups attached to an aromatic ring is 1. The van der Waals surface area contributed by atoms with E-state index >= 15 is 0 Å². The third-order valence-electron chi connectivity index (χ3n) is 3.05. The van der Waals surface area contributed by atoms with Gasteiger partial charge in [0.1, 0.15) is 5.75 Å². The Bertz CT molecular complexity index is 485. The number of hydrogen-bond acceptors (Lipinski definition) is 4. The second-order valence-electron chi connectivity index (χ2n) is 4.04. The lowest BCUT2D eigenvalue weighted by Gasteiger charge is -2.13. The molecule has 1 saturated heterocycles. The largest absolute Gasteiger partial charge is 0.497 e. The molecule has 1 unspecified atom stereocenters. The Kier molecular flexibility index (Phi) is 2.75. The third kappa shape index (κ3) is 1.84. The highest BCUT2D eigenvalue weighted by Crippen LogP contribution is 2.34. The fourth-order valence-corrected chi connectivity index (χ4v) is 1.98. The van der Waals surface area contributed by atoms with Gasteiger partial charge in [-0.3, -0.25) is 14.5 Å². The fraction of sp³-hybridized carbons (Fsp3) is 0.333. The summed E-state index contributed by atoms with van der Waals surface area (Å²) in [5.41, 5.74) is 7.01. The number of anilines is 1. The van der Waals surface area contributed by atoms with Gasteiger partial charge in [0.15, 0.2) is 0 Å². The van der Waals surface area contributed by atoms with Crippen LogP contribution in [0.4, 0.5) is 5.69 Å². The van der Waals surface area contributed by atoms with Gasteiger partial charge in [-0.15, -0.1) is 0 Å². The van der Waals surface area contributed by atoms with Gasteiger partial charge in [-0.05, 0) is 23.8 Å². The molecule has 0 bridgehead atoms. The molecule has 2 N–H and O–H groups in total. The molecule has 1 aromatic carbocycles. The predicted molar refractivity (Wildman–Crippen MR) is 62.5 cm³/mol. The van der Waals surface area contributed by atoms with Gasteiger partial charge in [0.2, 0.25) is 11.8 Å². The summed E-state index contributed by atoms with van der Waals surface area (Å²) in [5, 5.41) is 0. The number of imide groups is 1. The maximum atomic E-state index is 11.9. The minimum absolute atomic E-state index is 0.173. The molecule has 2 rings (SSSR count). The highest BCUT2D eigenvalue weighted by atomic mass is 16.5. The Hall–Kier alpha value is -2.04. The van der Waals surface area contributed by atoms with E-state index in [2.05, 4.69) is 0 Å². The molecule has 1 aliphatic rings. The van der Waals surface area contributed by atoms with Crippen LogP contribution >= 0.6 is 0 Å². The molecule has 1 fully saturated rings. The number of likely N-dealkylation sites (tertiary alicyclic amines) is 1. The Balaban J connectivity index is 2.41. The number of ether oxygens (including phenoxy) is 1. The summed E-state index contributed by atoms with van der Waals surface area (Å²) in [6.45, 7) is 0. The number of nitrogens with zero attached hydrogens (tertiary/aromatic N) is 1. The normalized spacial score (nSPS) is 19.9. The number of nitrogens with two attached hydrogens (primary N) is 1. The fourth-order valence-electron chi connectivity index (χ4n) is 1.98. The summed E-state index contributed by atoms with van der Waals surface area (Å²) >= 11 is 0. The van der Waals surface area contributed by atoms with E-state index in [0.29, 0.717) is 17.0 Å². The molecule has 0 saturated carbocycles. The standard InChI is InChI=1S/C12H14N2O3/c1-14-11(15)6-9(12(14)16)8-5-7(17-2)3-4-10(8)13/h3-5,9H,6,13H2,1-2H3. The minimum atomic E-state index is -0.484. The topological polar surface area (TPSA) is 72.6 Å². The van der Waals surface area contributed by atoms with Crippen molar-refractivity contribution in [2.24, 2.45) is 0 Å². The second kappa shape index (κ2) is 4.08. The van der Waals surface area contributed by atoms with Crippen molar-refractivity contribution in [3.05, 3.63) is 23.8 Å². The van der Waals surface area contributed by atoms with Crippen LogP contribution in [0.1, 0.15) is 17.9 Å². The first-order valence-electron chi connectivity index (χ1n) is 5.28. The Morgan fingerprint density at radius 3 is 2.65 bits per heavy atom. The first-order valence-corrected chi connectivity index (χ1v) is 5.28. The summed E-state index contributed by atoms with van der Waals surface area (Å²) in [5.74, 6) is -0.247. The molecule has 90 valence electrons. The zero-order chi connectivity index (χ0) is 12.6. The molecular formula is C12H14N2O3. The van der Waals surface area contributed by atoms with E-state index in [1.165, 1.54) is 7.05 Å². The highest BCUT2D eigenvalue weighted by Gasteiger charge is 2.38. The van der Waals surface area contributed by atoms with E-state index in [1.54, 1.807) is 25.3 Å². The van der Waals surface area contributed by atoms with Crippen molar-refractivity contribution in [1.29, 1.82) is 0 Å². The van der Waals surface area contributed by atoms with Gasteiger partial charge in [-0.1, -0.05) is 0 Å². The predicted octanol–water partition coefficient (Wildman–Crippen LogP) is 0.750. The van der Waals surface area contributed by atoms with Gasteiger partial charge in [-0.25, -0.2) is 0 Å². The molecule has 0 spiro atoms. The summed E-state index contributed by atoms with van der Waals surface area (Å²) < 4.78 is 5.09. The quantitative estimate of drug-likeness (QED) is 0.605. The average Bonchev–Trinajstić information content (AvgIpc) is 2.58. The molecule has 1 heterocycles. The van der Waals surface area contributed by atoms with Crippen molar-refractivity contribution in [2.45, 2.75) is 12.3 Å². The SMILES string of the molecule is COc1ccc(N)c(C2CC(=O)N(C)C2=O)c1. The molecule has 5 nitrogen and oxygen atoms in total. The van der Waals surface area contributed by atoms with Crippen molar-refractivity contribution in [1.82, 2.24) is 4.90 Å². The summed E-state index contributed by atoms with van der Waals surface area (Å²) in [6.07, 6.45) is 0.173. The third-order valence-corrected chi connectivity index (χ3v) is 3.05. The summed E-state index contributed by atoms with van der Waals surface area (Å²) in [7, 11) is 3.03. The first-order chi connectivity index (χ1) is 8.04. The molecule has 0 aromatic heterocycles. The van der Waals surface area contributed by atoms with Gasteiger partial charge < -0.3 is 10.5 Å². The van der Waals surface area contributed by atoms with E-state index in [4.69, 9.17) is 10.5 Å². The zero-order valence-electron chi connectivity index (χ0n) is 9.77. The van der Waals surface area contributed by atoms with Gasteiger partial charge >= 0.3 is 0 Å². The average molecular weight is 234 g/mol. The second-order valence-corrected chi connectivity index (χ2v) is 4.04. The minimum Gasteiger partial charge on any atom is -0.497 e. The number of likely N-dealkylation sites (N-methyl/N-ethyl adjacent to an activating group) is 1. The van der Waals surface area contributed by atoms with E-state index in [0.717, 1.165) is 4.90 Å². The number of amides is 2. The number of hydrogen-bond donors (Lipinski definition) is 1. The van der Waals surface area contributed by atoms with Gasteiger partial charge in [0, 0.05) is 19.2 Å². The molecule has 1 aliphatic heterocycles. The zero-order valence-corrected chi connectivity index (χ0v) is 9.77. The smallest absolute Gasteiger partial charge is 0.237 e. The van der Waals surface area contributed by atoms with Crippen LogP contribution in [0.2, 0.25) is 0 Å². The molecule has 5 heteroatoms. The Labute approximate surface area is 99.2 Å². The van der Waals surface area contributed by atoms with Crippen LogP contribution in [0.3, 0.4) is 0 Å². The molecule has 17 heavy (non-hydrogen) atoms. The van der Waals surface area contributed by atoms with Crippen LogP contribution in [0, 0.1) is 0 Å². The lowest BCUT2D eigenvalue weighted by molar-refractivity contribution is -0.137. The van der Waals surface area contributed by atoms with Crippen LogP contribution in [0.25, 0.3) is 0 Å². The van der Waals surface area contributed by atoms with Crippen molar-refractivity contribution in [3.63, 3.8) is 0 Å². The summed E-state index contributed by atoms with van der Waals surface area (Å²) in [6, 6.07) is 5.12. The number of benzene rings is 1. The Morgan fingerprint density at radius 1 is 1.41 bits per heavy atom. The van der Waals surface area contributed by atoms with Crippen molar-refractivity contribution in [2.75, 3.05) is 19.9 Å². The lowest BCUT2D eigenvalue weighted by Crippen LogP contribution is -2.25. The van der Waals surface area contributed by atoms with Crippen LogP contribution in [0.15, 0.2) is 18.2 Å². The van der Waals surface area contributed by atoms with Crippen LogP contribution in [-0.4, -0.2) is 30.9 Å². The molecule has 0 aliphatic carbocycles. The number of carbonyl (C=O) groups excluding carboxylic acids is 2. The van der Waals surface area contributed by atoms with E-state index in [-0.39, 0.29) is 18.2 Å². The van der Waals surface area contributed by atoms with E-state index < -0.39 is 5.92 Å². The lowest BCUT2D eigenvalue weighted by atomic mass is 9.95. The van der Waals surface area contributed by atoms with E-state index in [1.807, 2.05) is 0 Å². The monoisotopic (exact) mass is 234 g/mol. The highest BCUT2D eigenvalue weighted by molar-refractivity contribution is 6.06. The molecule has 0 radical (unpaired) electrons. The molecule has 2 amide bonds. The van der Waals surface area contributed by atoms with Gasteiger partial charge in [0.05, 0.1) is 13.0 Å². The maximum absolute atomic E-state index is 11.9. The van der Waals surface area contributed by atoms with Crippen LogP contribution in [0.5, 0.6) is 5.75 Å².